The summed E-state index contributed by atoms with van der Waals surface area (Å²) in [6.07, 6.45) is 4.53. The standard InChI is InChI=1S/C50H54F4N6O6/c51-37-13-5-33(6-14-37)21-25-55-47(63)41-29-59(30-42(41)48(64)56-26-22-34-7-15-38(52)16-8-34)45(61)3-1-2-4-46(62)60-31-43(49(65)57-27-23-35-9-17-39(53)18-10-35)44(32-60)50(66)58-28-24-36-11-19-40(54)20-12-36/h1-2,5-20,41-44H,3-4,21-32H2,(H,55,63)(H,56,64)(H,57,65)(H,58,66)/b2-1+/t41-,42-,43?,44?/m1/s1. The van der Waals surface area contributed by atoms with E-state index < -0.39 is 47.3 Å². The van der Waals surface area contributed by atoms with Crippen molar-refractivity contribution < 1.29 is 46.3 Å². The number of rotatable bonds is 20. The van der Waals surface area contributed by atoms with E-state index in [-0.39, 0.29) is 100 Å². The normalized spacial score (nSPS) is 18.0. The van der Waals surface area contributed by atoms with Gasteiger partial charge in [-0.05, 0) is 96.5 Å². The number of nitrogens with zero attached hydrogens (tertiary/aromatic N) is 2. The van der Waals surface area contributed by atoms with Crippen molar-refractivity contribution in [3.63, 3.8) is 0 Å². The van der Waals surface area contributed by atoms with Crippen molar-refractivity contribution in [3.8, 4) is 0 Å². The number of hydrogen-bond acceptors (Lipinski definition) is 6. The molecule has 0 aromatic heterocycles. The molecule has 2 heterocycles. The second kappa shape index (κ2) is 23.9. The van der Waals surface area contributed by atoms with Gasteiger partial charge in [-0.15, -0.1) is 0 Å². The van der Waals surface area contributed by atoms with Gasteiger partial charge < -0.3 is 31.1 Å². The first-order valence-corrected chi connectivity index (χ1v) is 22.1. The van der Waals surface area contributed by atoms with Crippen LogP contribution in [0.4, 0.5) is 17.6 Å². The summed E-state index contributed by atoms with van der Waals surface area (Å²) in [6, 6.07) is 23.6. The Hall–Kier alpha value is -6.84. The van der Waals surface area contributed by atoms with Crippen molar-refractivity contribution in [1.29, 1.82) is 0 Å². The van der Waals surface area contributed by atoms with Crippen LogP contribution in [0.25, 0.3) is 0 Å². The zero-order chi connectivity index (χ0) is 47.0. The summed E-state index contributed by atoms with van der Waals surface area (Å²) in [5.74, 6) is -7.25. The number of amides is 6. The van der Waals surface area contributed by atoms with Crippen molar-refractivity contribution in [3.05, 3.63) is 155 Å². The van der Waals surface area contributed by atoms with Gasteiger partial charge >= 0.3 is 0 Å². The Labute approximate surface area is 381 Å². The Morgan fingerprint density at radius 3 is 0.818 bits per heavy atom. The molecule has 4 atom stereocenters. The SMILES string of the molecule is O=C(NCCc1ccc(F)cc1)C1CN(C(=O)C/C=C/CC(=O)N2C[C@@H](C(=O)NCCc3ccc(F)cc3)[C@H](C(=O)NCCc3ccc(F)cc3)C2)CC1C(=O)NCCc1ccc(F)cc1. The smallest absolute Gasteiger partial charge is 0.226 e. The summed E-state index contributed by atoms with van der Waals surface area (Å²) in [4.78, 5) is 83.8. The second-order valence-corrected chi connectivity index (χ2v) is 16.6. The van der Waals surface area contributed by atoms with Gasteiger partial charge in [-0.2, -0.15) is 0 Å². The lowest BCUT2D eigenvalue weighted by Crippen LogP contribution is -2.42. The second-order valence-electron chi connectivity index (χ2n) is 16.6. The zero-order valence-electron chi connectivity index (χ0n) is 36.5. The molecule has 348 valence electrons. The molecule has 6 rings (SSSR count). The highest BCUT2D eigenvalue weighted by atomic mass is 19.1. The van der Waals surface area contributed by atoms with E-state index in [1.165, 1.54) is 70.5 Å². The maximum Gasteiger partial charge on any atom is 0.226 e. The molecule has 0 spiro atoms. The minimum Gasteiger partial charge on any atom is -0.355 e. The van der Waals surface area contributed by atoms with Crippen molar-refractivity contribution in [2.45, 2.75) is 38.5 Å². The summed E-state index contributed by atoms with van der Waals surface area (Å²) in [7, 11) is 0. The first-order chi connectivity index (χ1) is 31.8. The lowest BCUT2D eigenvalue weighted by atomic mass is 9.94. The van der Waals surface area contributed by atoms with Crippen LogP contribution in [0.3, 0.4) is 0 Å². The topological polar surface area (TPSA) is 157 Å². The van der Waals surface area contributed by atoms with E-state index >= 15 is 0 Å². The highest BCUT2D eigenvalue weighted by molar-refractivity contribution is 5.92. The third kappa shape index (κ3) is 14.3. The molecule has 2 unspecified atom stereocenters. The first-order valence-electron chi connectivity index (χ1n) is 22.1. The fourth-order valence-electron chi connectivity index (χ4n) is 8.15. The molecule has 0 aliphatic carbocycles. The molecule has 6 amide bonds. The summed E-state index contributed by atoms with van der Waals surface area (Å²) in [6.45, 7) is 0.857. The molecule has 0 radical (unpaired) electrons. The largest absolute Gasteiger partial charge is 0.355 e. The Morgan fingerprint density at radius 1 is 0.394 bits per heavy atom. The van der Waals surface area contributed by atoms with E-state index in [1.54, 1.807) is 48.5 Å². The predicted octanol–water partition coefficient (Wildman–Crippen LogP) is 4.46. The van der Waals surface area contributed by atoms with Crippen LogP contribution in [0.5, 0.6) is 0 Å². The van der Waals surface area contributed by atoms with E-state index in [1.807, 2.05) is 0 Å². The molecular weight excluding hydrogens is 857 g/mol. The fraction of sp³-hybridized carbons (Fsp3) is 0.360. The highest BCUT2D eigenvalue weighted by Gasteiger charge is 2.44. The van der Waals surface area contributed by atoms with Gasteiger partial charge in [0.25, 0.3) is 0 Å². The molecule has 0 saturated carbocycles. The van der Waals surface area contributed by atoms with Gasteiger partial charge in [0, 0.05) is 65.2 Å². The number of likely N-dealkylation sites (tertiary alicyclic amines) is 2. The fourth-order valence-corrected chi connectivity index (χ4v) is 8.15. The van der Waals surface area contributed by atoms with Crippen LogP contribution in [0.2, 0.25) is 0 Å². The van der Waals surface area contributed by atoms with Crippen LogP contribution in [0, 0.1) is 46.9 Å². The van der Waals surface area contributed by atoms with E-state index in [0.29, 0.717) is 25.7 Å². The first kappa shape index (κ1) is 48.6. The number of halogens is 4. The molecule has 4 N–H and O–H groups in total. The van der Waals surface area contributed by atoms with Gasteiger partial charge in [0.2, 0.25) is 35.4 Å². The molecule has 0 bridgehead atoms. The molecule has 2 saturated heterocycles. The predicted molar refractivity (Wildman–Crippen MR) is 238 cm³/mol. The number of hydrogen-bond donors (Lipinski definition) is 4. The third-order valence-corrected chi connectivity index (χ3v) is 11.9. The van der Waals surface area contributed by atoms with Gasteiger partial charge in [-0.25, -0.2) is 17.6 Å². The molecule has 4 aromatic carbocycles. The molecule has 16 heteroatoms. The van der Waals surface area contributed by atoms with Crippen LogP contribution in [-0.2, 0) is 54.5 Å². The maximum atomic E-state index is 13.5. The summed E-state index contributed by atoms with van der Waals surface area (Å²) in [5.41, 5.74) is 3.24. The van der Waals surface area contributed by atoms with Crippen molar-refractivity contribution in [2.24, 2.45) is 23.7 Å². The Balaban J connectivity index is 1.02. The van der Waals surface area contributed by atoms with E-state index in [9.17, 15) is 46.3 Å². The van der Waals surface area contributed by atoms with Crippen molar-refractivity contribution >= 4 is 35.4 Å². The number of carbonyl (C=O) groups is 6. The zero-order valence-corrected chi connectivity index (χ0v) is 36.5. The molecule has 66 heavy (non-hydrogen) atoms. The number of carbonyl (C=O) groups excluding carboxylic acids is 6. The van der Waals surface area contributed by atoms with Crippen LogP contribution in [0.1, 0.15) is 35.1 Å². The minimum absolute atomic E-state index is 0.0154. The molecule has 2 aliphatic rings. The van der Waals surface area contributed by atoms with Gasteiger partial charge in [0.05, 0.1) is 23.7 Å². The van der Waals surface area contributed by atoms with Crippen molar-refractivity contribution in [1.82, 2.24) is 31.1 Å². The molecule has 4 aromatic rings. The Morgan fingerprint density at radius 2 is 0.606 bits per heavy atom. The summed E-state index contributed by atoms with van der Waals surface area (Å²) in [5, 5.41) is 11.4. The van der Waals surface area contributed by atoms with E-state index in [2.05, 4.69) is 21.3 Å². The molecule has 2 aliphatic heterocycles. The monoisotopic (exact) mass is 910 g/mol. The van der Waals surface area contributed by atoms with Gasteiger partial charge in [-0.1, -0.05) is 60.7 Å². The van der Waals surface area contributed by atoms with Gasteiger partial charge in [0.1, 0.15) is 23.3 Å². The Bertz CT molecular complexity index is 2020. The van der Waals surface area contributed by atoms with Crippen LogP contribution < -0.4 is 21.3 Å². The van der Waals surface area contributed by atoms with Crippen LogP contribution in [0.15, 0.2) is 109 Å². The molecular formula is C50H54F4N6O6. The van der Waals surface area contributed by atoms with E-state index in [4.69, 9.17) is 0 Å². The van der Waals surface area contributed by atoms with Crippen molar-refractivity contribution in [2.75, 3.05) is 52.4 Å². The maximum absolute atomic E-state index is 13.5. The Kier molecular flexibility index (Phi) is 17.6. The average molecular weight is 911 g/mol. The lowest BCUT2D eigenvalue weighted by Gasteiger charge is -2.17. The minimum atomic E-state index is -0.852. The third-order valence-electron chi connectivity index (χ3n) is 11.9. The number of benzene rings is 4. The molecule has 2 fully saturated rings. The summed E-state index contributed by atoms with van der Waals surface area (Å²) >= 11 is 0. The van der Waals surface area contributed by atoms with Crippen LogP contribution in [-0.4, -0.2) is 97.6 Å². The quantitative estimate of drug-likeness (QED) is 0.0759. The van der Waals surface area contributed by atoms with Gasteiger partial charge in [0.15, 0.2) is 0 Å². The highest BCUT2D eigenvalue weighted by Crippen LogP contribution is 2.27. The van der Waals surface area contributed by atoms with Gasteiger partial charge in [-0.3, -0.25) is 28.8 Å². The van der Waals surface area contributed by atoms with Crippen LogP contribution >= 0.6 is 0 Å². The number of nitrogens with one attached hydrogen (secondary N) is 4. The molecule has 12 nitrogen and oxygen atoms in total. The average Bonchev–Trinajstić information content (AvgIpc) is 3.97. The van der Waals surface area contributed by atoms with E-state index in [0.717, 1.165) is 22.3 Å². The lowest BCUT2D eigenvalue weighted by molar-refractivity contribution is -0.132. The summed E-state index contributed by atoms with van der Waals surface area (Å²) < 4.78 is 53.5.